The molecule has 0 radical (unpaired) electrons. The lowest BCUT2D eigenvalue weighted by Gasteiger charge is -2.29. The van der Waals surface area contributed by atoms with E-state index in [-0.39, 0.29) is 12.2 Å². The normalized spacial score (nSPS) is 15.4. The summed E-state index contributed by atoms with van der Waals surface area (Å²) >= 11 is 12.4. The molecule has 0 N–H and O–H groups in total. The van der Waals surface area contributed by atoms with Gasteiger partial charge in [-0.25, -0.2) is 9.59 Å². The molecule has 0 spiro atoms. The third-order valence-corrected chi connectivity index (χ3v) is 4.78. The number of rotatable bonds is 5. The second-order valence-corrected chi connectivity index (χ2v) is 7.42. The Morgan fingerprint density at radius 3 is 2.17 bits per heavy atom. The van der Waals surface area contributed by atoms with Crippen LogP contribution < -0.4 is 9.47 Å². The largest absolute Gasteiger partial charge is 0.493 e. The number of para-hydroxylation sites is 1. The molecule has 0 atom stereocenters. The van der Waals surface area contributed by atoms with Crippen molar-refractivity contribution >= 4 is 41.2 Å². The molecule has 1 fully saturated rings. The minimum Gasteiger partial charge on any atom is -0.493 e. The molecule has 1 aliphatic heterocycles. The Labute approximate surface area is 177 Å². The molecule has 0 bridgehead atoms. The smallest absolute Gasteiger partial charge is 0.348 e. The summed E-state index contributed by atoms with van der Waals surface area (Å²) in [6, 6.07) is 10.2. The van der Waals surface area contributed by atoms with Crippen LogP contribution in [-0.4, -0.2) is 24.8 Å². The predicted octanol–water partition coefficient (Wildman–Crippen LogP) is 4.80. The summed E-state index contributed by atoms with van der Waals surface area (Å²) in [5.41, 5.74) is 0.771. The van der Waals surface area contributed by atoms with Gasteiger partial charge in [0.05, 0.1) is 7.11 Å². The van der Waals surface area contributed by atoms with Gasteiger partial charge in [-0.15, -0.1) is 0 Å². The van der Waals surface area contributed by atoms with E-state index in [0.29, 0.717) is 32.7 Å². The lowest BCUT2D eigenvalue weighted by molar-refractivity contribution is -0.222. The van der Waals surface area contributed by atoms with Crippen molar-refractivity contribution in [1.82, 2.24) is 0 Å². The zero-order valence-electron chi connectivity index (χ0n) is 16.0. The second-order valence-electron chi connectivity index (χ2n) is 6.60. The summed E-state index contributed by atoms with van der Waals surface area (Å²) < 4.78 is 21.5. The maximum atomic E-state index is 12.3. The van der Waals surface area contributed by atoms with Crippen LogP contribution >= 0.6 is 23.2 Å². The van der Waals surface area contributed by atoms with Crippen LogP contribution in [0.5, 0.6) is 11.5 Å². The highest BCUT2D eigenvalue weighted by Crippen LogP contribution is 2.36. The first-order valence-electron chi connectivity index (χ1n) is 8.63. The van der Waals surface area contributed by atoms with Gasteiger partial charge in [-0.3, -0.25) is 0 Å². The first-order chi connectivity index (χ1) is 13.7. The molecular weight excluding hydrogens is 419 g/mol. The third-order valence-electron chi connectivity index (χ3n) is 4.07. The Morgan fingerprint density at radius 2 is 1.59 bits per heavy atom. The van der Waals surface area contributed by atoms with Gasteiger partial charge in [-0.1, -0.05) is 41.4 Å². The number of esters is 2. The van der Waals surface area contributed by atoms with Crippen LogP contribution in [0.15, 0.2) is 42.0 Å². The summed E-state index contributed by atoms with van der Waals surface area (Å²) in [4.78, 5) is 24.5. The summed E-state index contributed by atoms with van der Waals surface area (Å²) in [6.45, 7) is 3.01. The predicted molar refractivity (Wildman–Crippen MR) is 108 cm³/mol. The number of benzene rings is 2. The molecule has 0 aromatic heterocycles. The van der Waals surface area contributed by atoms with E-state index < -0.39 is 17.7 Å². The Hall–Kier alpha value is -2.70. The average molecular weight is 437 g/mol. The van der Waals surface area contributed by atoms with Crippen molar-refractivity contribution in [1.29, 1.82) is 0 Å². The van der Waals surface area contributed by atoms with Gasteiger partial charge in [-0.05, 0) is 24.3 Å². The highest BCUT2D eigenvalue weighted by atomic mass is 35.5. The van der Waals surface area contributed by atoms with E-state index in [0.717, 1.165) is 0 Å². The monoisotopic (exact) mass is 436 g/mol. The lowest BCUT2D eigenvalue weighted by Crippen LogP contribution is -2.41. The van der Waals surface area contributed by atoms with Gasteiger partial charge in [0.15, 0.2) is 11.5 Å². The molecule has 152 valence electrons. The van der Waals surface area contributed by atoms with E-state index in [1.165, 1.54) is 27.0 Å². The molecule has 1 heterocycles. The molecule has 2 aromatic carbocycles. The molecule has 6 nitrogen and oxygen atoms in total. The van der Waals surface area contributed by atoms with Gasteiger partial charge in [-0.2, -0.15) is 0 Å². The first-order valence-corrected chi connectivity index (χ1v) is 9.38. The fourth-order valence-corrected chi connectivity index (χ4v) is 3.22. The van der Waals surface area contributed by atoms with Gasteiger partial charge in [0.1, 0.15) is 12.2 Å². The average Bonchev–Trinajstić information content (AvgIpc) is 2.64. The number of hydrogen-bond acceptors (Lipinski definition) is 6. The van der Waals surface area contributed by atoms with Crippen LogP contribution in [0.25, 0.3) is 6.08 Å². The highest BCUT2D eigenvalue weighted by molar-refractivity contribution is 6.35. The summed E-state index contributed by atoms with van der Waals surface area (Å²) in [6.07, 6.45) is 1.34. The maximum Gasteiger partial charge on any atom is 0.348 e. The number of ether oxygens (including phenoxy) is 4. The molecule has 2 aromatic rings. The standard InChI is InChI=1S/C21H18Cl2O6/c1-21(2)28-19(24)13(20(25)29-21)10-12-6-4-9-17(26-3)18(12)27-11-14-15(22)7-5-8-16(14)23/h4-10H,11H2,1-3H3. The summed E-state index contributed by atoms with van der Waals surface area (Å²) in [7, 11) is 1.48. The molecule has 0 amide bonds. The van der Waals surface area contributed by atoms with Crippen molar-refractivity contribution in [2.75, 3.05) is 7.11 Å². The Kier molecular flexibility index (Phi) is 6.05. The Balaban J connectivity index is 1.97. The summed E-state index contributed by atoms with van der Waals surface area (Å²) in [5.74, 6) is -2.17. The Morgan fingerprint density at radius 1 is 1.00 bits per heavy atom. The van der Waals surface area contributed by atoms with Crippen molar-refractivity contribution in [2.45, 2.75) is 26.2 Å². The Bertz CT molecular complexity index is 954. The van der Waals surface area contributed by atoms with Crippen LogP contribution in [-0.2, 0) is 25.7 Å². The molecule has 0 saturated carbocycles. The van der Waals surface area contributed by atoms with Crippen molar-refractivity contribution in [3.63, 3.8) is 0 Å². The van der Waals surface area contributed by atoms with Gasteiger partial charge in [0, 0.05) is 35.0 Å². The molecule has 0 aliphatic carbocycles. The zero-order valence-corrected chi connectivity index (χ0v) is 17.5. The SMILES string of the molecule is COc1cccc(C=C2C(=O)OC(C)(C)OC2=O)c1OCc1c(Cl)cccc1Cl. The molecule has 1 saturated heterocycles. The number of halogens is 2. The van der Waals surface area contributed by atoms with E-state index in [1.54, 1.807) is 36.4 Å². The zero-order chi connectivity index (χ0) is 21.2. The van der Waals surface area contributed by atoms with Crippen molar-refractivity contribution < 1.29 is 28.5 Å². The minimum absolute atomic E-state index is 0.0526. The van der Waals surface area contributed by atoms with Crippen molar-refractivity contribution in [3.8, 4) is 11.5 Å². The van der Waals surface area contributed by atoms with Gasteiger partial charge in [0.2, 0.25) is 0 Å². The molecule has 3 rings (SSSR count). The van der Waals surface area contributed by atoms with Crippen LogP contribution in [0.3, 0.4) is 0 Å². The van der Waals surface area contributed by atoms with Crippen LogP contribution in [0.1, 0.15) is 25.0 Å². The van der Waals surface area contributed by atoms with E-state index in [2.05, 4.69) is 0 Å². The molecule has 29 heavy (non-hydrogen) atoms. The first kappa shape index (κ1) is 21.0. The fraction of sp³-hybridized carbons (Fsp3) is 0.238. The second kappa shape index (κ2) is 8.35. The number of methoxy groups -OCH3 is 1. The number of hydrogen-bond donors (Lipinski definition) is 0. The highest BCUT2D eigenvalue weighted by Gasteiger charge is 2.39. The van der Waals surface area contributed by atoms with Crippen molar-refractivity contribution in [2.24, 2.45) is 0 Å². The number of carbonyl (C=O) groups is 2. The van der Waals surface area contributed by atoms with Crippen LogP contribution in [0.2, 0.25) is 10.0 Å². The number of carbonyl (C=O) groups excluding carboxylic acids is 2. The quantitative estimate of drug-likeness (QED) is 0.380. The molecule has 8 heteroatoms. The molecule has 0 unspecified atom stereocenters. The van der Waals surface area contributed by atoms with E-state index in [9.17, 15) is 9.59 Å². The maximum absolute atomic E-state index is 12.3. The fourth-order valence-electron chi connectivity index (χ4n) is 2.71. The van der Waals surface area contributed by atoms with E-state index >= 15 is 0 Å². The summed E-state index contributed by atoms with van der Waals surface area (Å²) in [5, 5.41) is 0.906. The van der Waals surface area contributed by atoms with E-state index in [1.807, 2.05) is 0 Å². The van der Waals surface area contributed by atoms with Gasteiger partial charge in [0.25, 0.3) is 5.79 Å². The van der Waals surface area contributed by atoms with Crippen LogP contribution in [0, 0.1) is 0 Å². The van der Waals surface area contributed by atoms with E-state index in [4.69, 9.17) is 42.1 Å². The molecule has 1 aliphatic rings. The van der Waals surface area contributed by atoms with Gasteiger partial charge >= 0.3 is 11.9 Å². The minimum atomic E-state index is -1.32. The topological polar surface area (TPSA) is 71.1 Å². The van der Waals surface area contributed by atoms with Crippen molar-refractivity contribution in [3.05, 3.63) is 63.1 Å². The molecular formula is C21H18Cl2O6. The third kappa shape index (κ3) is 4.66. The van der Waals surface area contributed by atoms with Gasteiger partial charge < -0.3 is 18.9 Å². The number of cyclic esters (lactones) is 2. The van der Waals surface area contributed by atoms with Crippen LogP contribution in [0.4, 0.5) is 0 Å². The lowest BCUT2D eigenvalue weighted by atomic mass is 10.1.